The van der Waals surface area contributed by atoms with Gasteiger partial charge in [-0.15, -0.1) is 0 Å². The van der Waals surface area contributed by atoms with E-state index < -0.39 is 0 Å². The molecule has 0 radical (unpaired) electrons. The fourth-order valence-corrected chi connectivity index (χ4v) is 2.78. The average Bonchev–Trinajstić information content (AvgIpc) is 2.93. The van der Waals surface area contributed by atoms with Crippen molar-refractivity contribution in [1.82, 2.24) is 19.5 Å². The van der Waals surface area contributed by atoms with Gasteiger partial charge in [-0.25, -0.2) is 15.0 Å². The topological polar surface area (TPSA) is 52.8 Å². The Morgan fingerprint density at radius 3 is 2.83 bits per heavy atom. The Morgan fingerprint density at radius 2 is 2.11 bits per heavy atom. The zero-order valence-electron chi connectivity index (χ0n) is 10.9. The second kappa shape index (κ2) is 4.31. The third-order valence-corrected chi connectivity index (χ3v) is 4.09. The summed E-state index contributed by atoms with van der Waals surface area (Å²) in [5.74, 6) is 1.02. The van der Waals surface area contributed by atoms with Crippen LogP contribution in [0.3, 0.4) is 0 Å². The van der Waals surface area contributed by atoms with Gasteiger partial charge < -0.3 is 4.74 Å². The van der Waals surface area contributed by atoms with Crippen molar-refractivity contribution in [3.8, 4) is 0 Å². The Balaban J connectivity index is 2.00. The van der Waals surface area contributed by atoms with Gasteiger partial charge in [-0.05, 0) is 12.3 Å². The van der Waals surface area contributed by atoms with Gasteiger partial charge in [0.05, 0.1) is 18.6 Å². The molecular weight excluding hydrogens is 228 g/mol. The highest BCUT2D eigenvalue weighted by Gasteiger charge is 2.39. The summed E-state index contributed by atoms with van der Waals surface area (Å²) in [4.78, 5) is 12.6. The Hall–Kier alpha value is -1.49. The molecule has 2 aromatic rings. The summed E-state index contributed by atoms with van der Waals surface area (Å²) in [7, 11) is 0. The third-order valence-electron chi connectivity index (χ3n) is 4.09. The lowest BCUT2D eigenvalue weighted by atomic mass is 9.91. The van der Waals surface area contributed by atoms with E-state index in [1.54, 1.807) is 12.5 Å². The number of fused-ring (bicyclic) bond motifs is 1. The lowest BCUT2D eigenvalue weighted by Crippen LogP contribution is -2.15. The maximum atomic E-state index is 6.15. The molecule has 1 fully saturated rings. The third kappa shape index (κ3) is 1.61. The van der Waals surface area contributed by atoms with Crippen molar-refractivity contribution in [3.63, 3.8) is 0 Å². The van der Waals surface area contributed by atoms with Gasteiger partial charge in [-0.3, -0.25) is 4.57 Å². The fraction of sp³-hybridized carbons (Fsp3) is 0.615. The van der Waals surface area contributed by atoms with Crippen LogP contribution < -0.4 is 0 Å². The zero-order valence-corrected chi connectivity index (χ0v) is 10.9. The van der Waals surface area contributed by atoms with Crippen LogP contribution in [0.4, 0.5) is 0 Å². The van der Waals surface area contributed by atoms with Crippen LogP contribution in [0.15, 0.2) is 18.9 Å². The first kappa shape index (κ1) is 11.6. The second-order valence-electron chi connectivity index (χ2n) is 5.08. The second-order valence-corrected chi connectivity index (χ2v) is 5.08. The van der Waals surface area contributed by atoms with Crippen molar-refractivity contribution in [1.29, 1.82) is 0 Å². The van der Waals surface area contributed by atoms with E-state index in [2.05, 4.69) is 35.7 Å². The summed E-state index contributed by atoms with van der Waals surface area (Å²) in [6, 6.07) is 0. The molecule has 0 aromatic carbocycles. The van der Waals surface area contributed by atoms with Gasteiger partial charge in [0.1, 0.15) is 18.1 Å². The maximum Gasteiger partial charge on any atom is 0.165 e. The molecule has 1 aliphatic heterocycles. The van der Waals surface area contributed by atoms with E-state index >= 15 is 0 Å². The summed E-state index contributed by atoms with van der Waals surface area (Å²) >= 11 is 0. The molecule has 3 rings (SSSR count). The van der Waals surface area contributed by atoms with E-state index in [0.717, 1.165) is 17.6 Å². The van der Waals surface area contributed by atoms with E-state index in [4.69, 9.17) is 4.74 Å². The van der Waals surface area contributed by atoms with Crippen LogP contribution in [0, 0.1) is 11.8 Å². The highest BCUT2D eigenvalue weighted by Crippen LogP contribution is 2.40. The predicted molar refractivity (Wildman–Crippen MR) is 67.9 cm³/mol. The van der Waals surface area contributed by atoms with Crippen molar-refractivity contribution < 1.29 is 4.74 Å². The highest BCUT2D eigenvalue weighted by atomic mass is 16.5. The van der Waals surface area contributed by atoms with Crippen molar-refractivity contribution in [2.24, 2.45) is 11.8 Å². The van der Waals surface area contributed by atoms with Crippen LogP contribution in [-0.2, 0) is 4.74 Å². The molecule has 96 valence electrons. The van der Waals surface area contributed by atoms with Gasteiger partial charge >= 0.3 is 0 Å². The van der Waals surface area contributed by atoms with Gasteiger partial charge in [0.15, 0.2) is 5.65 Å². The maximum absolute atomic E-state index is 6.15. The van der Waals surface area contributed by atoms with Gasteiger partial charge in [0.2, 0.25) is 0 Å². The van der Waals surface area contributed by atoms with Gasteiger partial charge in [0, 0.05) is 5.92 Å². The van der Waals surface area contributed by atoms with Gasteiger partial charge in [0.25, 0.3) is 0 Å². The molecule has 4 atom stereocenters. The number of hydrogen-bond donors (Lipinski definition) is 0. The van der Waals surface area contributed by atoms with Crippen LogP contribution in [-0.4, -0.2) is 25.6 Å². The zero-order chi connectivity index (χ0) is 12.7. The molecule has 0 spiro atoms. The number of imidazole rings is 1. The predicted octanol–water partition coefficient (Wildman–Crippen LogP) is 2.41. The van der Waals surface area contributed by atoms with Gasteiger partial charge in [-0.1, -0.05) is 20.8 Å². The SMILES string of the molecule is CC[C@H]1O[C@@H](n2cnc3cncnc32)[C@H](C)[C@@H]1C. The molecule has 3 heterocycles. The van der Waals surface area contributed by atoms with Crippen molar-refractivity contribution in [3.05, 3.63) is 18.9 Å². The minimum absolute atomic E-state index is 0.0323. The molecule has 1 aliphatic rings. The van der Waals surface area contributed by atoms with E-state index in [-0.39, 0.29) is 6.23 Å². The number of nitrogens with zero attached hydrogens (tertiary/aromatic N) is 4. The van der Waals surface area contributed by atoms with Crippen LogP contribution in [0.5, 0.6) is 0 Å². The summed E-state index contributed by atoms with van der Waals surface area (Å²) in [6.07, 6.45) is 6.50. The van der Waals surface area contributed by atoms with Crippen molar-refractivity contribution >= 4 is 11.2 Å². The van der Waals surface area contributed by atoms with E-state index in [9.17, 15) is 0 Å². The largest absolute Gasteiger partial charge is 0.354 e. The Kier molecular flexibility index (Phi) is 2.78. The minimum atomic E-state index is 0.0323. The van der Waals surface area contributed by atoms with Crippen molar-refractivity contribution in [2.75, 3.05) is 0 Å². The Labute approximate surface area is 106 Å². The first-order valence-electron chi connectivity index (χ1n) is 6.50. The molecule has 5 heteroatoms. The Morgan fingerprint density at radius 1 is 1.28 bits per heavy atom. The first-order valence-corrected chi connectivity index (χ1v) is 6.50. The lowest BCUT2D eigenvalue weighted by Gasteiger charge is -2.17. The smallest absolute Gasteiger partial charge is 0.165 e. The molecule has 0 amide bonds. The average molecular weight is 246 g/mol. The van der Waals surface area contributed by atoms with Gasteiger partial charge in [-0.2, -0.15) is 0 Å². The Bertz CT molecular complexity index is 553. The number of aromatic nitrogens is 4. The van der Waals surface area contributed by atoms with Crippen LogP contribution >= 0.6 is 0 Å². The fourth-order valence-electron chi connectivity index (χ4n) is 2.78. The number of rotatable bonds is 2. The summed E-state index contributed by atoms with van der Waals surface area (Å²) in [5.41, 5.74) is 1.67. The minimum Gasteiger partial charge on any atom is -0.354 e. The quantitative estimate of drug-likeness (QED) is 0.816. The number of ether oxygens (including phenoxy) is 1. The molecule has 2 aromatic heterocycles. The summed E-state index contributed by atoms with van der Waals surface area (Å²) < 4.78 is 8.19. The molecule has 0 aliphatic carbocycles. The monoisotopic (exact) mass is 246 g/mol. The molecule has 1 saturated heterocycles. The molecule has 0 unspecified atom stereocenters. The summed E-state index contributed by atoms with van der Waals surface area (Å²) in [5, 5.41) is 0. The molecule has 0 bridgehead atoms. The molecule has 0 saturated carbocycles. The van der Waals surface area contributed by atoms with E-state index in [0.29, 0.717) is 17.9 Å². The number of hydrogen-bond acceptors (Lipinski definition) is 4. The summed E-state index contributed by atoms with van der Waals surface area (Å²) in [6.45, 7) is 6.66. The lowest BCUT2D eigenvalue weighted by molar-refractivity contribution is -0.0120. The molecule has 18 heavy (non-hydrogen) atoms. The van der Waals surface area contributed by atoms with E-state index in [1.807, 2.05) is 10.9 Å². The normalized spacial score (nSPS) is 32.2. The highest BCUT2D eigenvalue weighted by molar-refractivity contribution is 5.68. The van der Waals surface area contributed by atoms with Crippen LogP contribution in [0.25, 0.3) is 11.2 Å². The van der Waals surface area contributed by atoms with E-state index in [1.165, 1.54) is 0 Å². The van der Waals surface area contributed by atoms with Crippen LogP contribution in [0.2, 0.25) is 0 Å². The standard InChI is InChI=1S/C13H18N4O/c1-4-11-8(2)9(3)13(18-11)17-7-16-10-5-14-6-15-12(10)17/h5-9,11,13H,4H2,1-3H3/t8-,9+,11+,13+/m0/s1. The van der Waals surface area contributed by atoms with Crippen LogP contribution in [0.1, 0.15) is 33.4 Å². The first-order chi connectivity index (χ1) is 8.72. The molecule has 0 N–H and O–H groups in total. The molecule has 5 nitrogen and oxygen atoms in total. The molecular formula is C13H18N4O. The van der Waals surface area contributed by atoms with Crippen molar-refractivity contribution in [2.45, 2.75) is 39.5 Å².